The van der Waals surface area contributed by atoms with E-state index in [0.29, 0.717) is 0 Å². The summed E-state index contributed by atoms with van der Waals surface area (Å²) in [6.45, 7) is 0.819. The van der Waals surface area contributed by atoms with Gasteiger partial charge in [-0.2, -0.15) is 4.99 Å². The zero-order chi connectivity index (χ0) is 7.94. The molecule has 1 rings (SSSR count). The quantitative estimate of drug-likeness (QED) is 0.444. The monoisotopic (exact) mass is 153 g/mol. The van der Waals surface area contributed by atoms with Crippen molar-refractivity contribution < 1.29 is 9.53 Å². The largest absolute Gasteiger partial charge is 0.374 e. The summed E-state index contributed by atoms with van der Waals surface area (Å²) in [6.07, 6.45) is 8.20. The summed E-state index contributed by atoms with van der Waals surface area (Å²) in [7, 11) is 0. The van der Waals surface area contributed by atoms with Crippen molar-refractivity contribution in [2.24, 2.45) is 4.99 Å². The molecule has 0 aromatic rings. The van der Waals surface area contributed by atoms with Crippen LogP contribution in [0.1, 0.15) is 19.3 Å². The maximum Gasteiger partial charge on any atom is 0.239 e. The highest BCUT2D eigenvalue weighted by atomic mass is 16.5. The van der Waals surface area contributed by atoms with Gasteiger partial charge in [0, 0.05) is 12.8 Å². The van der Waals surface area contributed by atoms with Crippen molar-refractivity contribution >= 4 is 6.08 Å². The Hall–Kier alpha value is -0.920. The Labute approximate surface area is 65.8 Å². The molecule has 1 aliphatic rings. The number of nitrogens with zero attached hydrogens (tertiary/aromatic N) is 1. The molecule has 0 aromatic carbocycles. The molecule has 11 heavy (non-hydrogen) atoms. The van der Waals surface area contributed by atoms with E-state index in [0.717, 1.165) is 19.4 Å². The number of rotatable bonds is 2. The summed E-state index contributed by atoms with van der Waals surface area (Å²) in [4.78, 5) is 13.0. The zero-order valence-corrected chi connectivity index (χ0v) is 6.32. The van der Waals surface area contributed by atoms with Gasteiger partial charge < -0.3 is 4.74 Å². The maximum absolute atomic E-state index is 9.66. The van der Waals surface area contributed by atoms with Gasteiger partial charge in [-0.05, 0) is 25.3 Å². The molecular formula is C8H11NO2. The van der Waals surface area contributed by atoms with Crippen LogP contribution in [0.4, 0.5) is 0 Å². The van der Waals surface area contributed by atoms with Gasteiger partial charge >= 0.3 is 0 Å². The maximum atomic E-state index is 9.66. The van der Waals surface area contributed by atoms with Gasteiger partial charge in [0.05, 0.1) is 6.10 Å². The molecule has 1 fully saturated rings. The molecule has 0 spiro atoms. The van der Waals surface area contributed by atoms with E-state index in [9.17, 15) is 4.79 Å². The molecular weight excluding hydrogens is 142 g/mol. The molecule has 60 valence electrons. The second-order valence-electron chi connectivity index (χ2n) is 2.47. The second kappa shape index (κ2) is 4.83. The molecule has 1 unspecified atom stereocenters. The standard InChI is InChI=1S/C8H11NO2/c10-7-9-5-4-8-3-1-2-6-11-8/h4-5,8H,1-3,6H2/b5-4-. The number of isocyanates is 1. The highest BCUT2D eigenvalue weighted by Gasteiger charge is 2.09. The molecule has 0 aliphatic carbocycles. The third-order valence-electron chi connectivity index (χ3n) is 1.64. The van der Waals surface area contributed by atoms with Gasteiger partial charge in [-0.25, -0.2) is 4.79 Å². The first-order valence-corrected chi connectivity index (χ1v) is 3.79. The Kier molecular flexibility index (Phi) is 3.59. The first-order valence-electron chi connectivity index (χ1n) is 3.79. The second-order valence-corrected chi connectivity index (χ2v) is 2.47. The summed E-state index contributed by atoms with van der Waals surface area (Å²) in [5.74, 6) is 0. The molecule has 1 aliphatic heterocycles. The number of carbonyl (C=O) groups excluding carboxylic acids is 1. The van der Waals surface area contributed by atoms with E-state index < -0.39 is 0 Å². The first kappa shape index (κ1) is 8.18. The fourth-order valence-electron chi connectivity index (χ4n) is 1.09. The van der Waals surface area contributed by atoms with E-state index >= 15 is 0 Å². The van der Waals surface area contributed by atoms with Gasteiger partial charge in [0.1, 0.15) is 0 Å². The van der Waals surface area contributed by atoms with E-state index in [1.54, 1.807) is 6.08 Å². The Morgan fingerprint density at radius 2 is 2.45 bits per heavy atom. The van der Waals surface area contributed by atoms with Crippen LogP contribution in [0.5, 0.6) is 0 Å². The van der Waals surface area contributed by atoms with Crippen LogP contribution >= 0.6 is 0 Å². The molecule has 0 N–H and O–H groups in total. The van der Waals surface area contributed by atoms with Gasteiger partial charge in [0.15, 0.2) is 0 Å². The van der Waals surface area contributed by atoms with Gasteiger partial charge in [-0.1, -0.05) is 0 Å². The molecule has 1 saturated heterocycles. The van der Waals surface area contributed by atoms with E-state index in [1.165, 1.54) is 18.7 Å². The molecule has 0 bridgehead atoms. The summed E-state index contributed by atoms with van der Waals surface area (Å²) in [5, 5.41) is 0. The molecule has 3 nitrogen and oxygen atoms in total. The van der Waals surface area contributed by atoms with Crippen molar-refractivity contribution in [1.82, 2.24) is 0 Å². The number of hydrogen-bond donors (Lipinski definition) is 0. The van der Waals surface area contributed by atoms with Crippen LogP contribution in [0.25, 0.3) is 0 Å². The fourth-order valence-corrected chi connectivity index (χ4v) is 1.09. The van der Waals surface area contributed by atoms with Crippen molar-refractivity contribution in [2.75, 3.05) is 6.61 Å². The van der Waals surface area contributed by atoms with Gasteiger partial charge in [-0.3, -0.25) is 0 Å². The van der Waals surface area contributed by atoms with Crippen LogP contribution in [0.2, 0.25) is 0 Å². The van der Waals surface area contributed by atoms with Gasteiger partial charge in [0.2, 0.25) is 6.08 Å². The van der Waals surface area contributed by atoms with Gasteiger partial charge in [-0.15, -0.1) is 0 Å². The molecule has 1 atom stereocenters. The van der Waals surface area contributed by atoms with Crippen LogP contribution in [0.3, 0.4) is 0 Å². The van der Waals surface area contributed by atoms with Crippen LogP contribution in [0.15, 0.2) is 17.3 Å². The summed E-state index contributed by atoms with van der Waals surface area (Å²) < 4.78 is 5.35. The average molecular weight is 153 g/mol. The number of ether oxygens (including phenoxy) is 1. The summed E-state index contributed by atoms with van der Waals surface area (Å²) >= 11 is 0. The molecule has 0 radical (unpaired) electrons. The number of aliphatic imine (C=N–C) groups is 1. The third-order valence-corrected chi connectivity index (χ3v) is 1.64. The highest BCUT2D eigenvalue weighted by molar-refractivity contribution is 5.34. The predicted octanol–water partition coefficient (Wildman–Crippen LogP) is 1.41. The summed E-state index contributed by atoms with van der Waals surface area (Å²) in [5.41, 5.74) is 0. The van der Waals surface area contributed by atoms with E-state index in [-0.39, 0.29) is 6.10 Å². The van der Waals surface area contributed by atoms with Crippen molar-refractivity contribution in [3.63, 3.8) is 0 Å². The number of hydrogen-bond acceptors (Lipinski definition) is 3. The minimum absolute atomic E-state index is 0.154. The lowest BCUT2D eigenvalue weighted by molar-refractivity contribution is 0.0465. The molecule has 0 saturated carbocycles. The first-order chi connectivity index (χ1) is 5.43. The Bertz CT molecular complexity index is 177. The predicted molar refractivity (Wildman–Crippen MR) is 40.9 cm³/mol. The lowest BCUT2D eigenvalue weighted by Gasteiger charge is -2.18. The van der Waals surface area contributed by atoms with Crippen molar-refractivity contribution in [3.05, 3.63) is 12.3 Å². The van der Waals surface area contributed by atoms with Gasteiger partial charge in [0.25, 0.3) is 0 Å². The Balaban J connectivity index is 2.28. The lowest BCUT2D eigenvalue weighted by Crippen LogP contribution is -2.15. The Morgan fingerprint density at radius 3 is 3.09 bits per heavy atom. The van der Waals surface area contributed by atoms with E-state index in [2.05, 4.69) is 4.99 Å². The SMILES string of the molecule is O=C=N/C=C\C1CCCCO1. The molecule has 3 heteroatoms. The normalized spacial score (nSPS) is 24.9. The van der Waals surface area contributed by atoms with Crippen LogP contribution < -0.4 is 0 Å². The molecule has 0 amide bonds. The fraction of sp³-hybridized carbons (Fsp3) is 0.625. The van der Waals surface area contributed by atoms with Crippen molar-refractivity contribution in [1.29, 1.82) is 0 Å². The van der Waals surface area contributed by atoms with Crippen molar-refractivity contribution in [2.45, 2.75) is 25.4 Å². The van der Waals surface area contributed by atoms with Crippen LogP contribution in [-0.4, -0.2) is 18.8 Å². The average Bonchev–Trinajstić information content (AvgIpc) is 2.07. The lowest BCUT2D eigenvalue weighted by atomic mass is 10.1. The van der Waals surface area contributed by atoms with E-state index in [4.69, 9.17) is 4.74 Å². The third kappa shape index (κ3) is 3.12. The highest BCUT2D eigenvalue weighted by Crippen LogP contribution is 2.13. The molecule has 0 aromatic heterocycles. The zero-order valence-electron chi connectivity index (χ0n) is 6.32. The van der Waals surface area contributed by atoms with Crippen molar-refractivity contribution in [3.8, 4) is 0 Å². The summed E-state index contributed by atoms with van der Waals surface area (Å²) in [6, 6.07) is 0. The minimum atomic E-state index is 0.154. The topological polar surface area (TPSA) is 38.7 Å². The minimum Gasteiger partial charge on any atom is -0.374 e. The van der Waals surface area contributed by atoms with E-state index in [1.807, 2.05) is 0 Å². The smallest absolute Gasteiger partial charge is 0.239 e. The molecule has 1 heterocycles. The van der Waals surface area contributed by atoms with Crippen LogP contribution in [-0.2, 0) is 9.53 Å². The Morgan fingerprint density at radius 1 is 1.55 bits per heavy atom. The van der Waals surface area contributed by atoms with Crippen LogP contribution in [0, 0.1) is 0 Å².